The van der Waals surface area contributed by atoms with Crippen molar-refractivity contribution in [2.75, 3.05) is 21.3 Å². The number of hydrogen-bond acceptors (Lipinski definition) is 7. The van der Waals surface area contributed by atoms with Crippen molar-refractivity contribution < 1.29 is 19.0 Å². The predicted molar refractivity (Wildman–Crippen MR) is 122 cm³/mol. The Hall–Kier alpha value is -3.78. The molecule has 0 saturated carbocycles. The lowest BCUT2D eigenvalue weighted by Gasteiger charge is -2.24. The second kappa shape index (κ2) is 8.63. The number of carbonyl (C=O) groups is 1. The summed E-state index contributed by atoms with van der Waals surface area (Å²) in [5.41, 5.74) is 5.23. The molecule has 8 heteroatoms. The number of rotatable bonds is 6. The molecule has 0 unspecified atom stereocenters. The maximum atomic E-state index is 13.0. The lowest BCUT2D eigenvalue weighted by atomic mass is 9.83. The summed E-state index contributed by atoms with van der Waals surface area (Å²) in [6, 6.07) is 15.5. The zero-order chi connectivity index (χ0) is 22.9. The van der Waals surface area contributed by atoms with Gasteiger partial charge in [0.2, 0.25) is 0 Å². The first kappa shape index (κ1) is 21.1. The molecular weight excluding hydrogens is 420 g/mol. The minimum absolute atomic E-state index is 0.0342. The zero-order valence-corrected chi connectivity index (χ0v) is 18.7. The molecule has 4 aromatic rings. The Morgan fingerprint density at radius 2 is 1.76 bits per heavy atom. The van der Waals surface area contributed by atoms with E-state index in [0.29, 0.717) is 30.8 Å². The summed E-state index contributed by atoms with van der Waals surface area (Å²) in [7, 11) is 4.91. The molecule has 33 heavy (non-hydrogen) atoms. The SMILES string of the molecule is COCc1nn2c3c(nnc2c1-c1ccc(OC)cc1)C(=O)C[C@@H](c1ccccc1OC)C3. The van der Waals surface area contributed by atoms with Crippen LogP contribution < -0.4 is 9.47 Å². The molecule has 1 atom stereocenters. The van der Waals surface area contributed by atoms with E-state index < -0.39 is 0 Å². The molecule has 2 heterocycles. The van der Waals surface area contributed by atoms with Gasteiger partial charge in [0.15, 0.2) is 17.1 Å². The topological polar surface area (TPSA) is 87.8 Å². The molecule has 0 aliphatic heterocycles. The summed E-state index contributed by atoms with van der Waals surface area (Å²) in [5, 5.41) is 13.6. The Kier molecular flexibility index (Phi) is 5.51. The van der Waals surface area contributed by atoms with Gasteiger partial charge in [-0.2, -0.15) is 5.10 Å². The van der Waals surface area contributed by atoms with Crippen LogP contribution in [0.4, 0.5) is 0 Å². The van der Waals surface area contributed by atoms with Crippen LogP contribution in [0, 0.1) is 0 Å². The number of carbonyl (C=O) groups excluding carboxylic acids is 1. The van der Waals surface area contributed by atoms with Gasteiger partial charge in [-0.25, -0.2) is 4.52 Å². The fourth-order valence-electron chi connectivity index (χ4n) is 4.53. The summed E-state index contributed by atoms with van der Waals surface area (Å²) in [6.07, 6.45) is 0.953. The van der Waals surface area contributed by atoms with Crippen molar-refractivity contribution in [1.29, 1.82) is 0 Å². The molecule has 8 nitrogen and oxygen atoms in total. The van der Waals surface area contributed by atoms with Gasteiger partial charge < -0.3 is 14.2 Å². The Balaban J connectivity index is 1.66. The van der Waals surface area contributed by atoms with Crippen LogP contribution in [-0.2, 0) is 17.8 Å². The van der Waals surface area contributed by atoms with Gasteiger partial charge in [0, 0.05) is 19.4 Å². The first-order valence-electron chi connectivity index (χ1n) is 10.7. The van der Waals surface area contributed by atoms with Crippen molar-refractivity contribution in [2.45, 2.75) is 25.4 Å². The van der Waals surface area contributed by atoms with Gasteiger partial charge in [-0.1, -0.05) is 30.3 Å². The van der Waals surface area contributed by atoms with Crippen molar-refractivity contribution in [3.63, 3.8) is 0 Å². The maximum absolute atomic E-state index is 13.0. The molecule has 0 spiro atoms. The summed E-state index contributed by atoms with van der Waals surface area (Å²) in [5.74, 6) is 1.46. The van der Waals surface area contributed by atoms with Crippen molar-refractivity contribution in [3.05, 3.63) is 71.2 Å². The number of ketones is 1. The van der Waals surface area contributed by atoms with Crippen LogP contribution in [-0.4, -0.2) is 46.9 Å². The number of benzene rings is 2. The highest BCUT2D eigenvalue weighted by atomic mass is 16.5. The summed E-state index contributed by atoms with van der Waals surface area (Å²) >= 11 is 0. The normalized spacial score (nSPS) is 15.5. The van der Waals surface area contributed by atoms with Crippen LogP contribution in [0.3, 0.4) is 0 Å². The van der Waals surface area contributed by atoms with Crippen molar-refractivity contribution in [2.24, 2.45) is 0 Å². The molecule has 2 aromatic heterocycles. The molecule has 5 rings (SSSR count). The highest BCUT2D eigenvalue weighted by Crippen LogP contribution is 2.38. The van der Waals surface area contributed by atoms with Gasteiger partial charge in [0.05, 0.1) is 37.8 Å². The van der Waals surface area contributed by atoms with E-state index in [0.717, 1.165) is 39.6 Å². The van der Waals surface area contributed by atoms with E-state index in [2.05, 4.69) is 10.2 Å². The number of nitrogens with zero attached hydrogens (tertiary/aromatic N) is 4. The predicted octanol–water partition coefficient (Wildman–Crippen LogP) is 3.87. The smallest absolute Gasteiger partial charge is 0.185 e. The molecule has 0 amide bonds. The molecule has 168 valence electrons. The van der Waals surface area contributed by atoms with E-state index in [1.165, 1.54) is 0 Å². The first-order valence-corrected chi connectivity index (χ1v) is 10.7. The highest BCUT2D eigenvalue weighted by Gasteiger charge is 2.33. The molecule has 1 aliphatic rings. The van der Waals surface area contributed by atoms with Crippen molar-refractivity contribution in [3.8, 4) is 22.6 Å². The molecule has 0 bridgehead atoms. The van der Waals surface area contributed by atoms with Gasteiger partial charge in [-0.3, -0.25) is 4.79 Å². The standard InChI is InChI=1S/C25H24N4O4/c1-31-14-19-23(15-8-10-17(32-2)11-9-15)25-27-26-24-20(29(25)28-19)12-16(13-21(24)30)18-6-4-5-7-22(18)33-3/h4-11,16H,12-14H2,1-3H3/t16-/m0/s1. The molecule has 0 N–H and O–H groups in total. The van der Waals surface area contributed by atoms with Crippen LogP contribution in [0.1, 0.15) is 39.8 Å². The number of ether oxygens (including phenoxy) is 3. The Morgan fingerprint density at radius 3 is 2.48 bits per heavy atom. The van der Waals surface area contributed by atoms with Crippen LogP contribution in [0.15, 0.2) is 48.5 Å². The Bertz CT molecular complexity index is 1330. The minimum atomic E-state index is -0.0451. The summed E-state index contributed by atoms with van der Waals surface area (Å²) in [4.78, 5) is 13.0. The molecule has 0 fully saturated rings. The quantitative estimate of drug-likeness (QED) is 0.446. The van der Waals surface area contributed by atoms with E-state index >= 15 is 0 Å². The second-order valence-electron chi connectivity index (χ2n) is 7.98. The van der Waals surface area contributed by atoms with Crippen LogP contribution in [0.5, 0.6) is 11.5 Å². The minimum Gasteiger partial charge on any atom is -0.497 e. The van der Waals surface area contributed by atoms with E-state index in [9.17, 15) is 4.79 Å². The Morgan fingerprint density at radius 1 is 0.970 bits per heavy atom. The van der Waals surface area contributed by atoms with E-state index in [4.69, 9.17) is 19.3 Å². The fourth-order valence-corrected chi connectivity index (χ4v) is 4.53. The molecule has 0 saturated heterocycles. The average Bonchev–Trinajstić information content (AvgIpc) is 3.22. The number of methoxy groups -OCH3 is 3. The van der Waals surface area contributed by atoms with Crippen molar-refractivity contribution >= 4 is 11.4 Å². The maximum Gasteiger partial charge on any atom is 0.185 e. The molecule has 2 aromatic carbocycles. The third-order valence-electron chi connectivity index (χ3n) is 6.08. The second-order valence-corrected chi connectivity index (χ2v) is 7.98. The third-order valence-corrected chi connectivity index (χ3v) is 6.08. The first-order chi connectivity index (χ1) is 16.1. The number of aromatic nitrogens is 4. The van der Waals surface area contributed by atoms with Gasteiger partial charge >= 0.3 is 0 Å². The lowest BCUT2D eigenvalue weighted by Crippen LogP contribution is -2.24. The van der Waals surface area contributed by atoms with Crippen molar-refractivity contribution in [1.82, 2.24) is 19.8 Å². The average molecular weight is 444 g/mol. The van der Waals surface area contributed by atoms with Crippen LogP contribution in [0.25, 0.3) is 16.8 Å². The van der Waals surface area contributed by atoms with Gasteiger partial charge in [0.1, 0.15) is 11.5 Å². The van der Waals surface area contributed by atoms with Gasteiger partial charge in [-0.05, 0) is 35.7 Å². The zero-order valence-electron chi connectivity index (χ0n) is 18.7. The Labute approximate surface area is 191 Å². The molecular formula is C25H24N4O4. The van der Waals surface area contributed by atoms with E-state index in [1.807, 2.05) is 48.5 Å². The number of para-hydroxylation sites is 1. The molecule has 0 radical (unpaired) electrons. The summed E-state index contributed by atoms with van der Waals surface area (Å²) < 4.78 is 18.0. The number of hydrogen-bond donors (Lipinski definition) is 0. The number of fused-ring (bicyclic) bond motifs is 3. The van der Waals surface area contributed by atoms with Crippen LogP contribution >= 0.6 is 0 Å². The number of Topliss-reactive ketones (excluding diaryl/α,β-unsaturated/α-hetero) is 1. The van der Waals surface area contributed by atoms with Gasteiger partial charge in [-0.15, -0.1) is 10.2 Å². The lowest BCUT2D eigenvalue weighted by molar-refractivity contribution is 0.0955. The van der Waals surface area contributed by atoms with Gasteiger partial charge in [0.25, 0.3) is 0 Å². The molecule has 1 aliphatic carbocycles. The van der Waals surface area contributed by atoms with E-state index in [1.54, 1.807) is 25.8 Å². The largest absolute Gasteiger partial charge is 0.497 e. The highest BCUT2D eigenvalue weighted by molar-refractivity contribution is 5.97. The fraction of sp³-hybridized carbons (Fsp3) is 0.280. The monoisotopic (exact) mass is 444 g/mol. The third kappa shape index (κ3) is 3.62. The van der Waals surface area contributed by atoms with E-state index in [-0.39, 0.29) is 11.7 Å². The summed E-state index contributed by atoms with van der Waals surface area (Å²) in [6.45, 7) is 0.309. The van der Waals surface area contributed by atoms with Crippen LogP contribution in [0.2, 0.25) is 0 Å².